The first-order valence-electron chi connectivity index (χ1n) is 6.41. The van der Waals surface area contributed by atoms with Crippen molar-refractivity contribution in [2.24, 2.45) is 0 Å². The Balaban J connectivity index is 1.87. The minimum absolute atomic E-state index is 0.0409. The van der Waals surface area contributed by atoms with Crippen molar-refractivity contribution in [2.45, 2.75) is 26.6 Å². The SMILES string of the molecule is Cc1csc(=O)n1CC(=O)NCc1ccc(OC(F)F)cc1. The van der Waals surface area contributed by atoms with Crippen molar-refractivity contribution in [3.63, 3.8) is 0 Å². The third-order valence-electron chi connectivity index (χ3n) is 2.92. The molecule has 2 rings (SSSR count). The second kappa shape index (κ2) is 7.17. The lowest BCUT2D eigenvalue weighted by molar-refractivity contribution is -0.121. The molecule has 1 aromatic heterocycles. The van der Waals surface area contributed by atoms with Crippen LogP contribution in [0.2, 0.25) is 0 Å². The smallest absolute Gasteiger partial charge is 0.387 e. The van der Waals surface area contributed by atoms with Crippen LogP contribution in [-0.4, -0.2) is 17.1 Å². The second-order valence-corrected chi connectivity index (χ2v) is 5.35. The normalized spacial score (nSPS) is 10.7. The number of halogens is 2. The van der Waals surface area contributed by atoms with Crippen molar-refractivity contribution in [3.05, 3.63) is 50.6 Å². The summed E-state index contributed by atoms with van der Waals surface area (Å²) in [6.45, 7) is -0.906. The van der Waals surface area contributed by atoms with Gasteiger partial charge in [-0.2, -0.15) is 8.78 Å². The maximum Gasteiger partial charge on any atom is 0.387 e. The summed E-state index contributed by atoms with van der Waals surface area (Å²) in [4.78, 5) is 23.1. The number of rotatable bonds is 6. The molecular weight excluding hydrogens is 314 g/mol. The van der Waals surface area contributed by atoms with Gasteiger partial charge in [-0.05, 0) is 24.6 Å². The van der Waals surface area contributed by atoms with Crippen LogP contribution in [-0.2, 0) is 17.9 Å². The lowest BCUT2D eigenvalue weighted by Gasteiger charge is -2.08. The highest BCUT2D eigenvalue weighted by atomic mass is 32.1. The molecule has 0 saturated carbocycles. The van der Waals surface area contributed by atoms with Gasteiger partial charge in [-0.3, -0.25) is 14.2 Å². The Labute approximate surface area is 129 Å². The number of nitrogens with zero attached hydrogens (tertiary/aromatic N) is 1. The van der Waals surface area contributed by atoms with Crippen molar-refractivity contribution in [1.82, 2.24) is 9.88 Å². The third-order valence-corrected chi connectivity index (χ3v) is 3.80. The van der Waals surface area contributed by atoms with E-state index in [0.717, 1.165) is 22.6 Å². The zero-order valence-electron chi connectivity index (χ0n) is 11.7. The van der Waals surface area contributed by atoms with E-state index in [1.807, 2.05) is 0 Å². The monoisotopic (exact) mass is 328 g/mol. The third kappa shape index (κ3) is 4.39. The maximum absolute atomic E-state index is 12.0. The van der Waals surface area contributed by atoms with Gasteiger partial charge < -0.3 is 10.1 Å². The van der Waals surface area contributed by atoms with Gasteiger partial charge in [0, 0.05) is 17.6 Å². The number of alkyl halides is 2. The molecule has 0 aliphatic heterocycles. The molecule has 5 nitrogen and oxygen atoms in total. The van der Waals surface area contributed by atoms with Crippen LogP contribution in [0.5, 0.6) is 5.75 Å². The highest BCUT2D eigenvalue weighted by Crippen LogP contribution is 2.14. The quantitative estimate of drug-likeness (QED) is 0.884. The molecule has 22 heavy (non-hydrogen) atoms. The topological polar surface area (TPSA) is 60.3 Å². The molecule has 2 aromatic rings. The van der Waals surface area contributed by atoms with E-state index in [1.54, 1.807) is 24.4 Å². The number of carbonyl (C=O) groups excluding carboxylic acids is 1. The summed E-state index contributed by atoms with van der Waals surface area (Å²) >= 11 is 1.05. The number of hydrogen-bond acceptors (Lipinski definition) is 4. The number of hydrogen-bond donors (Lipinski definition) is 1. The molecule has 0 aliphatic rings. The molecule has 0 atom stereocenters. The van der Waals surface area contributed by atoms with Gasteiger partial charge >= 0.3 is 11.5 Å². The fourth-order valence-corrected chi connectivity index (χ4v) is 2.52. The van der Waals surface area contributed by atoms with E-state index < -0.39 is 6.61 Å². The Kier molecular flexibility index (Phi) is 5.26. The number of amides is 1. The number of nitrogens with one attached hydrogen (secondary N) is 1. The van der Waals surface area contributed by atoms with E-state index in [-0.39, 0.29) is 29.6 Å². The molecule has 1 aromatic carbocycles. The largest absolute Gasteiger partial charge is 0.435 e. The summed E-state index contributed by atoms with van der Waals surface area (Å²) in [7, 11) is 0. The maximum atomic E-state index is 12.0. The molecular formula is C14H14F2N2O3S. The van der Waals surface area contributed by atoms with Gasteiger partial charge in [-0.25, -0.2) is 0 Å². The van der Waals surface area contributed by atoms with E-state index in [1.165, 1.54) is 16.7 Å². The summed E-state index contributed by atoms with van der Waals surface area (Å²) in [6.07, 6.45) is 0. The summed E-state index contributed by atoms with van der Waals surface area (Å²) < 4.78 is 29.7. The Hall–Kier alpha value is -2.22. The molecule has 0 unspecified atom stereocenters. The fraction of sp³-hybridized carbons (Fsp3) is 0.286. The first-order valence-corrected chi connectivity index (χ1v) is 7.29. The van der Waals surface area contributed by atoms with Gasteiger partial charge in [-0.15, -0.1) is 0 Å². The van der Waals surface area contributed by atoms with Gasteiger partial charge in [-0.1, -0.05) is 23.5 Å². The van der Waals surface area contributed by atoms with E-state index in [2.05, 4.69) is 10.1 Å². The van der Waals surface area contributed by atoms with Crippen LogP contribution in [0.1, 0.15) is 11.3 Å². The number of ether oxygens (including phenoxy) is 1. The van der Waals surface area contributed by atoms with Crippen molar-refractivity contribution >= 4 is 17.2 Å². The van der Waals surface area contributed by atoms with Crippen LogP contribution in [0.15, 0.2) is 34.4 Å². The van der Waals surface area contributed by atoms with Crippen LogP contribution < -0.4 is 14.9 Å². The number of thiazole rings is 1. The van der Waals surface area contributed by atoms with Gasteiger partial charge in [0.25, 0.3) is 0 Å². The van der Waals surface area contributed by atoms with E-state index in [9.17, 15) is 18.4 Å². The standard InChI is InChI=1S/C14H14F2N2O3S/c1-9-8-22-14(20)18(9)7-12(19)17-6-10-2-4-11(5-3-10)21-13(15)16/h2-5,8,13H,6-7H2,1H3,(H,17,19). The lowest BCUT2D eigenvalue weighted by atomic mass is 10.2. The average molecular weight is 328 g/mol. The lowest BCUT2D eigenvalue weighted by Crippen LogP contribution is -2.30. The van der Waals surface area contributed by atoms with Crippen molar-refractivity contribution < 1.29 is 18.3 Å². The van der Waals surface area contributed by atoms with Crippen LogP contribution in [0.25, 0.3) is 0 Å². The van der Waals surface area contributed by atoms with Crippen LogP contribution >= 0.6 is 11.3 Å². The van der Waals surface area contributed by atoms with Gasteiger partial charge in [0.2, 0.25) is 5.91 Å². The number of aromatic nitrogens is 1. The molecule has 0 aliphatic carbocycles. The minimum atomic E-state index is -2.86. The van der Waals surface area contributed by atoms with Crippen LogP contribution in [0, 0.1) is 6.92 Å². The molecule has 0 fully saturated rings. The predicted molar refractivity (Wildman–Crippen MR) is 78.2 cm³/mol. The zero-order chi connectivity index (χ0) is 16.1. The van der Waals surface area contributed by atoms with Gasteiger partial charge in [0.15, 0.2) is 0 Å². The van der Waals surface area contributed by atoms with Gasteiger partial charge in [0.1, 0.15) is 12.3 Å². The van der Waals surface area contributed by atoms with Crippen molar-refractivity contribution in [2.75, 3.05) is 0 Å². The summed E-state index contributed by atoms with van der Waals surface area (Å²) in [5.41, 5.74) is 1.48. The molecule has 1 heterocycles. The van der Waals surface area contributed by atoms with E-state index >= 15 is 0 Å². The highest BCUT2D eigenvalue weighted by Gasteiger charge is 2.08. The molecule has 0 bridgehead atoms. The van der Waals surface area contributed by atoms with Gasteiger partial charge in [0.05, 0.1) is 0 Å². The predicted octanol–water partition coefficient (Wildman–Crippen LogP) is 2.14. The Morgan fingerprint density at radius 2 is 2.05 bits per heavy atom. The second-order valence-electron chi connectivity index (χ2n) is 4.53. The molecule has 0 spiro atoms. The molecule has 1 N–H and O–H groups in total. The molecule has 1 amide bonds. The van der Waals surface area contributed by atoms with Crippen LogP contribution in [0.4, 0.5) is 8.78 Å². The van der Waals surface area contributed by atoms with Crippen molar-refractivity contribution in [3.8, 4) is 5.75 Å². The molecule has 8 heteroatoms. The van der Waals surface area contributed by atoms with Crippen molar-refractivity contribution in [1.29, 1.82) is 0 Å². The van der Waals surface area contributed by atoms with Crippen LogP contribution in [0.3, 0.4) is 0 Å². The van der Waals surface area contributed by atoms with E-state index in [4.69, 9.17) is 0 Å². The summed E-state index contributed by atoms with van der Waals surface area (Å²) in [5, 5.41) is 4.36. The fourth-order valence-electron chi connectivity index (χ4n) is 1.79. The number of benzene rings is 1. The Morgan fingerprint density at radius 3 is 2.59 bits per heavy atom. The number of carbonyl (C=O) groups is 1. The minimum Gasteiger partial charge on any atom is -0.435 e. The summed E-state index contributed by atoms with van der Waals surface area (Å²) in [6, 6.07) is 5.97. The molecule has 118 valence electrons. The number of aryl methyl sites for hydroxylation is 1. The average Bonchev–Trinajstić information content (AvgIpc) is 2.78. The first-order chi connectivity index (χ1) is 10.5. The summed E-state index contributed by atoms with van der Waals surface area (Å²) in [5.74, 6) is -0.234. The zero-order valence-corrected chi connectivity index (χ0v) is 12.5. The first kappa shape index (κ1) is 16.2. The Morgan fingerprint density at radius 1 is 1.36 bits per heavy atom. The molecule has 0 radical (unpaired) electrons. The molecule has 0 saturated heterocycles. The highest BCUT2D eigenvalue weighted by molar-refractivity contribution is 7.07. The van der Waals surface area contributed by atoms with E-state index in [0.29, 0.717) is 0 Å². The Bertz CT molecular complexity index is 695.